The van der Waals surface area contributed by atoms with Crippen LogP contribution in [0.2, 0.25) is 5.02 Å². The number of hydrogen-bond acceptors (Lipinski definition) is 1. The van der Waals surface area contributed by atoms with Crippen molar-refractivity contribution in [3.8, 4) is 0 Å². The lowest BCUT2D eigenvalue weighted by molar-refractivity contribution is 0.274. The monoisotopic (exact) mass is 275 g/mol. The van der Waals surface area contributed by atoms with Gasteiger partial charge >= 0.3 is 0 Å². The highest BCUT2D eigenvalue weighted by atomic mass is 35.5. The Bertz CT molecular complexity index is 579. The summed E-state index contributed by atoms with van der Waals surface area (Å²) in [6.07, 6.45) is 0.764. The topological polar surface area (TPSA) is 12.0 Å². The molecule has 1 nitrogen and oxygen atoms in total. The Balaban J connectivity index is 1.94. The molecule has 3 heteroatoms. The van der Waals surface area contributed by atoms with Crippen LogP contribution in [0.4, 0.5) is 4.39 Å². The van der Waals surface area contributed by atoms with Gasteiger partial charge in [-0.1, -0.05) is 54.1 Å². The average molecular weight is 276 g/mol. The fraction of sp³-hybridized carbons (Fsp3) is 0.250. The second-order valence-electron chi connectivity index (χ2n) is 5.14. The summed E-state index contributed by atoms with van der Waals surface area (Å²) in [5.41, 5.74) is 2.21. The second-order valence-corrected chi connectivity index (χ2v) is 5.52. The Kier molecular flexibility index (Phi) is 3.29. The largest absolute Gasteiger partial charge is 0.315 e. The fourth-order valence-corrected chi connectivity index (χ4v) is 2.89. The third kappa shape index (κ3) is 2.26. The van der Waals surface area contributed by atoms with Crippen LogP contribution in [0.3, 0.4) is 0 Å². The third-order valence-electron chi connectivity index (χ3n) is 3.87. The predicted octanol–water partition coefficient (Wildman–Crippen LogP) is 3.56. The van der Waals surface area contributed by atoms with Crippen molar-refractivity contribution in [1.82, 2.24) is 5.32 Å². The molecule has 1 fully saturated rings. The van der Waals surface area contributed by atoms with Gasteiger partial charge in [0.15, 0.2) is 0 Å². The molecule has 19 heavy (non-hydrogen) atoms. The highest BCUT2D eigenvalue weighted by Crippen LogP contribution is 2.34. The minimum Gasteiger partial charge on any atom is -0.315 e. The minimum absolute atomic E-state index is 0.0404. The molecule has 0 spiro atoms. The van der Waals surface area contributed by atoms with Crippen molar-refractivity contribution >= 4 is 11.6 Å². The summed E-state index contributed by atoms with van der Waals surface area (Å²) < 4.78 is 13.5. The minimum atomic E-state index is -0.338. The molecule has 1 N–H and O–H groups in total. The van der Waals surface area contributed by atoms with Crippen LogP contribution in [0.5, 0.6) is 0 Å². The zero-order chi connectivity index (χ0) is 13.3. The van der Waals surface area contributed by atoms with E-state index in [9.17, 15) is 4.39 Å². The van der Waals surface area contributed by atoms with Crippen molar-refractivity contribution in [2.45, 2.75) is 11.8 Å². The Morgan fingerprint density at radius 1 is 1.05 bits per heavy atom. The van der Waals surface area contributed by atoms with E-state index < -0.39 is 0 Å². The van der Waals surface area contributed by atoms with Gasteiger partial charge in [0.25, 0.3) is 0 Å². The maximum absolute atomic E-state index is 13.5. The molecular weight excluding hydrogens is 261 g/mol. The number of rotatable bonds is 3. The van der Waals surface area contributed by atoms with Crippen molar-refractivity contribution < 1.29 is 4.39 Å². The highest BCUT2D eigenvalue weighted by Gasteiger charge is 2.39. The lowest BCUT2D eigenvalue weighted by Gasteiger charge is -2.43. The molecule has 0 saturated carbocycles. The fourth-order valence-electron chi connectivity index (χ4n) is 2.70. The number of nitrogens with one attached hydrogen (secondary N) is 1. The molecule has 3 rings (SSSR count). The van der Waals surface area contributed by atoms with Crippen LogP contribution in [0.15, 0.2) is 48.5 Å². The van der Waals surface area contributed by atoms with Crippen LogP contribution in [0, 0.1) is 5.82 Å². The quantitative estimate of drug-likeness (QED) is 0.903. The van der Waals surface area contributed by atoms with Gasteiger partial charge in [0, 0.05) is 18.5 Å². The maximum Gasteiger partial charge on any atom is 0.142 e. The number of halogens is 2. The summed E-state index contributed by atoms with van der Waals surface area (Å²) in [6, 6.07) is 15.4. The molecule has 0 atom stereocenters. The van der Waals surface area contributed by atoms with E-state index in [-0.39, 0.29) is 16.3 Å². The van der Waals surface area contributed by atoms with Gasteiger partial charge in [-0.3, -0.25) is 0 Å². The molecular formula is C16H15ClFN. The van der Waals surface area contributed by atoms with Gasteiger partial charge in [-0.25, -0.2) is 4.39 Å². The summed E-state index contributed by atoms with van der Waals surface area (Å²) >= 11 is 6.07. The molecule has 1 aliphatic heterocycles. The SMILES string of the molecule is Fc1cccc(CC2(c3ccccc3)CNC2)c1Cl. The smallest absolute Gasteiger partial charge is 0.142 e. The Morgan fingerprint density at radius 3 is 2.42 bits per heavy atom. The summed E-state index contributed by atoms with van der Waals surface area (Å²) in [6.45, 7) is 1.81. The summed E-state index contributed by atoms with van der Waals surface area (Å²) in [5.74, 6) is -0.338. The molecule has 0 aromatic heterocycles. The Labute approximate surface area is 117 Å². The van der Waals surface area contributed by atoms with Crippen LogP contribution in [0.25, 0.3) is 0 Å². The predicted molar refractivity (Wildman–Crippen MR) is 76.1 cm³/mol. The van der Waals surface area contributed by atoms with Crippen molar-refractivity contribution in [3.05, 3.63) is 70.5 Å². The Morgan fingerprint density at radius 2 is 1.79 bits per heavy atom. The van der Waals surface area contributed by atoms with Gasteiger partial charge in [0.05, 0.1) is 5.02 Å². The van der Waals surface area contributed by atoms with E-state index in [2.05, 4.69) is 17.4 Å². The van der Waals surface area contributed by atoms with Crippen molar-refractivity contribution in [1.29, 1.82) is 0 Å². The normalized spacial score (nSPS) is 16.9. The van der Waals surface area contributed by atoms with Crippen LogP contribution in [0.1, 0.15) is 11.1 Å². The van der Waals surface area contributed by atoms with Gasteiger partial charge in [-0.2, -0.15) is 0 Å². The van der Waals surface area contributed by atoms with Crippen LogP contribution >= 0.6 is 11.6 Å². The van der Waals surface area contributed by atoms with E-state index in [4.69, 9.17) is 11.6 Å². The highest BCUT2D eigenvalue weighted by molar-refractivity contribution is 6.31. The van der Waals surface area contributed by atoms with Crippen LogP contribution in [-0.4, -0.2) is 13.1 Å². The molecule has 2 aromatic rings. The lowest BCUT2D eigenvalue weighted by atomic mass is 9.71. The van der Waals surface area contributed by atoms with Gasteiger partial charge in [0.1, 0.15) is 5.82 Å². The first-order valence-corrected chi connectivity index (χ1v) is 6.78. The summed E-state index contributed by atoms with van der Waals surface area (Å²) in [4.78, 5) is 0. The third-order valence-corrected chi connectivity index (χ3v) is 4.30. The molecule has 98 valence electrons. The average Bonchev–Trinajstić information content (AvgIpc) is 2.40. The molecule has 1 heterocycles. The standard InChI is InChI=1S/C16H15ClFN/c17-15-12(5-4-8-14(15)18)9-16(10-19-11-16)13-6-2-1-3-7-13/h1-8,19H,9-11H2. The Hall–Kier alpha value is -1.38. The van der Waals surface area contributed by atoms with Gasteiger partial charge < -0.3 is 5.32 Å². The maximum atomic E-state index is 13.5. The summed E-state index contributed by atoms with van der Waals surface area (Å²) in [5, 5.41) is 3.57. The van der Waals surface area contributed by atoms with Crippen LogP contribution in [-0.2, 0) is 11.8 Å². The van der Waals surface area contributed by atoms with Gasteiger partial charge in [0.2, 0.25) is 0 Å². The first kappa shape index (κ1) is 12.6. The van der Waals surface area contributed by atoms with E-state index in [1.54, 1.807) is 6.07 Å². The van der Waals surface area contributed by atoms with E-state index in [1.165, 1.54) is 11.6 Å². The molecule has 0 unspecified atom stereocenters. The lowest BCUT2D eigenvalue weighted by Crippen LogP contribution is -2.58. The molecule has 0 radical (unpaired) electrons. The zero-order valence-corrected chi connectivity index (χ0v) is 11.3. The molecule has 1 aliphatic rings. The molecule has 1 saturated heterocycles. The van der Waals surface area contributed by atoms with E-state index in [0.717, 1.165) is 25.1 Å². The molecule has 0 bridgehead atoms. The van der Waals surface area contributed by atoms with Gasteiger partial charge in [-0.05, 0) is 23.6 Å². The van der Waals surface area contributed by atoms with E-state index >= 15 is 0 Å². The van der Waals surface area contributed by atoms with Crippen molar-refractivity contribution in [2.75, 3.05) is 13.1 Å². The zero-order valence-electron chi connectivity index (χ0n) is 10.5. The molecule has 0 amide bonds. The van der Waals surface area contributed by atoms with E-state index in [0.29, 0.717) is 0 Å². The van der Waals surface area contributed by atoms with Crippen molar-refractivity contribution in [2.24, 2.45) is 0 Å². The molecule has 2 aromatic carbocycles. The number of hydrogen-bond donors (Lipinski definition) is 1. The first-order chi connectivity index (χ1) is 9.21. The van der Waals surface area contributed by atoms with E-state index in [1.807, 2.05) is 24.3 Å². The summed E-state index contributed by atoms with van der Waals surface area (Å²) in [7, 11) is 0. The number of benzene rings is 2. The van der Waals surface area contributed by atoms with Gasteiger partial charge in [-0.15, -0.1) is 0 Å². The van der Waals surface area contributed by atoms with Crippen LogP contribution < -0.4 is 5.32 Å². The second kappa shape index (κ2) is 4.95. The first-order valence-electron chi connectivity index (χ1n) is 6.40. The molecule has 0 aliphatic carbocycles. The van der Waals surface area contributed by atoms with Crippen molar-refractivity contribution in [3.63, 3.8) is 0 Å².